The van der Waals surface area contributed by atoms with Crippen LogP contribution in [0.3, 0.4) is 0 Å². The Kier molecular flexibility index (Phi) is 3.02. The molecule has 1 aliphatic carbocycles. The molecular formula is C9H11Br. The molecule has 0 unspecified atom stereocenters. The predicted molar refractivity (Wildman–Crippen MR) is 47.9 cm³/mol. The van der Waals surface area contributed by atoms with Crippen LogP contribution in [0, 0.1) is 12.3 Å². The minimum Gasteiger partial charge on any atom is -0.114 e. The summed E-state index contributed by atoms with van der Waals surface area (Å²) in [6, 6.07) is 0. The number of terminal acetylenes is 1. The third kappa shape index (κ3) is 1.88. The fraction of sp³-hybridized carbons (Fsp3) is 0.556. The molecule has 0 aliphatic heterocycles. The molecule has 1 fully saturated rings. The van der Waals surface area contributed by atoms with E-state index >= 15 is 0 Å². The summed E-state index contributed by atoms with van der Waals surface area (Å²) in [6.07, 6.45) is 11.6. The largest absolute Gasteiger partial charge is 0.114 e. The first-order chi connectivity index (χ1) is 4.84. The Morgan fingerprint density at radius 2 is 1.90 bits per heavy atom. The highest BCUT2D eigenvalue weighted by Gasteiger charge is 2.07. The van der Waals surface area contributed by atoms with Gasteiger partial charge < -0.3 is 0 Å². The van der Waals surface area contributed by atoms with Crippen molar-refractivity contribution in [2.24, 2.45) is 0 Å². The maximum absolute atomic E-state index is 5.25. The number of allylic oxidation sites excluding steroid dienone is 2. The lowest BCUT2D eigenvalue weighted by molar-refractivity contribution is 0.599. The molecule has 10 heavy (non-hydrogen) atoms. The van der Waals surface area contributed by atoms with Crippen LogP contribution in [0.4, 0.5) is 0 Å². The van der Waals surface area contributed by atoms with Crippen molar-refractivity contribution in [3.05, 3.63) is 10.1 Å². The van der Waals surface area contributed by atoms with Gasteiger partial charge in [-0.1, -0.05) is 12.3 Å². The van der Waals surface area contributed by atoms with Crippen molar-refractivity contribution in [3.8, 4) is 12.3 Å². The Hall–Kier alpha value is -0.220. The second kappa shape index (κ2) is 3.83. The molecule has 1 rings (SSSR count). The summed E-state index contributed by atoms with van der Waals surface area (Å²) in [5, 5.41) is 0. The van der Waals surface area contributed by atoms with Crippen molar-refractivity contribution in [1.29, 1.82) is 0 Å². The molecule has 0 heterocycles. The van der Waals surface area contributed by atoms with Gasteiger partial charge in [-0.2, -0.15) is 0 Å². The van der Waals surface area contributed by atoms with Crippen molar-refractivity contribution in [3.63, 3.8) is 0 Å². The highest BCUT2D eigenvalue weighted by atomic mass is 79.9. The summed E-state index contributed by atoms with van der Waals surface area (Å²) >= 11 is 3.38. The van der Waals surface area contributed by atoms with Gasteiger partial charge in [0.2, 0.25) is 0 Å². The van der Waals surface area contributed by atoms with Gasteiger partial charge in [-0.25, -0.2) is 0 Å². The molecule has 0 spiro atoms. The molecule has 0 atom stereocenters. The number of hydrogen-bond acceptors (Lipinski definition) is 0. The first kappa shape index (κ1) is 7.88. The molecule has 0 radical (unpaired) electrons. The molecule has 0 nitrogen and oxygen atoms in total. The molecule has 0 aromatic carbocycles. The van der Waals surface area contributed by atoms with Crippen molar-refractivity contribution in [2.75, 3.05) is 0 Å². The Morgan fingerprint density at radius 3 is 2.40 bits per heavy atom. The summed E-state index contributed by atoms with van der Waals surface area (Å²) in [6.45, 7) is 0. The van der Waals surface area contributed by atoms with Crippen molar-refractivity contribution >= 4 is 15.9 Å². The standard InChI is InChI=1S/C9H11Br/c1-2-9(10)8-6-4-3-5-7-8/h1H,3-7H2. The van der Waals surface area contributed by atoms with E-state index in [0.717, 1.165) is 4.48 Å². The van der Waals surface area contributed by atoms with E-state index in [2.05, 4.69) is 21.9 Å². The summed E-state index contributed by atoms with van der Waals surface area (Å²) in [5.74, 6) is 2.63. The van der Waals surface area contributed by atoms with E-state index in [1.165, 1.54) is 37.7 Å². The molecule has 0 aromatic rings. The van der Waals surface area contributed by atoms with Gasteiger partial charge in [0.1, 0.15) is 0 Å². The topological polar surface area (TPSA) is 0 Å². The zero-order valence-corrected chi connectivity index (χ0v) is 7.58. The third-order valence-corrected chi connectivity index (χ3v) is 2.68. The predicted octanol–water partition coefficient (Wildman–Crippen LogP) is 3.23. The van der Waals surface area contributed by atoms with Crippen LogP contribution in [0.15, 0.2) is 10.1 Å². The quantitative estimate of drug-likeness (QED) is 0.525. The van der Waals surface area contributed by atoms with Crippen LogP contribution >= 0.6 is 15.9 Å². The van der Waals surface area contributed by atoms with Gasteiger partial charge in [0.05, 0.1) is 4.48 Å². The molecule has 0 N–H and O–H groups in total. The molecule has 1 aliphatic rings. The summed E-state index contributed by atoms with van der Waals surface area (Å²) in [5.41, 5.74) is 1.44. The Balaban J connectivity index is 2.62. The zero-order chi connectivity index (χ0) is 7.40. The Bertz CT molecular complexity index is 175. The minimum atomic E-state index is 0.993. The highest BCUT2D eigenvalue weighted by molar-refractivity contribution is 9.12. The molecule has 0 aromatic heterocycles. The van der Waals surface area contributed by atoms with Crippen LogP contribution in [0.25, 0.3) is 0 Å². The second-order valence-electron chi connectivity index (χ2n) is 2.62. The number of halogens is 1. The first-order valence-electron chi connectivity index (χ1n) is 3.68. The smallest absolute Gasteiger partial charge is 0.0663 e. The average molecular weight is 199 g/mol. The molecule has 1 saturated carbocycles. The zero-order valence-electron chi connectivity index (χ0n) is 5.99. The van der Waals surface area contributed by atoms with E-state index in [-0.39, 0.29) is 0 Å². The number of rotatable bonds is 0. The van der Waals surface area contributed by atoms with E-state index in [0.29, 0.717) is 0 Å². The van der Waals surface area contributed by atoms with Gasteiger partial charge in [0.25, 0.3) is 0 Å². The molecule has 0 bridgehead atoms. The van der Waals surface area contributed by atoms with Crippen LogP contribution in [-0.4, -0.2) is 0 Å². The Labute approximate surface area is 70.8 Å². The van der Waals surface area contributed by atoms with Crippen LogP contribution in [-0.2, 0) is 0 Å². The van der Waals surface area contributed by atoms with Crippen LogP contribution in [0.1, 0.15) is 32.1 Å². The maximum Gasteiger partial charge on any atom is 0.0663 e. The van der Waals surface area contributed by atoms with Gasteiger partial charge in [-0.3, -0.25) is 0 Å². The van der Waals surface area contributed by atoms with E-state index in [1.54, 1.807) is 0 Å². The summed E-state index contributed by atoms with van der Waals surface area (Å²) < 4.78 is 0.993. The van der Waals surface area contributed by atoms with Gasteiger partial charge >= 0.3 is 0 Å². The second-order valence-corrected chi connectivity index (χ2v) is 3.42. The number of hydrogen-bond donors (Lipinski definition) is 0. The van der Waals surface area contributed by atoms with Crippen LogP contribution in [0.2, 0.25) is 0 Å². The lowest BCUT2D eigenvalue weighted by atomic mass is 9.95. The van der Waals surface area contributed by atoms with Gasteiger partial charge in [-0.15, -0.1) is 6.42 Å². The SMILES string of the molecule is C#CC(Br)=C1CCCCC1. The minimum absolute atomic E-state index is 0.993. The van der Waals surface area contributed by atoms with E-state index < -0.39 is 0 Å². The van der Waals surface area contributed by atoms with Gasteiger partial charge in [-0.05, 0) is 47.2 Å². The lowest BCUT2D eigenvalue weighted by Crippen LogP contribution is -1.94. The van der Waals surface area contributed by atoms with E-state index in [1.807, 2.05) is 0 Å². The fourth-order valence-corrected chi connectivity index (χ4v) is 1.70. The average Bonchev–Trinajstić information content (AvgIpc) is 2.05. The molecule has 1 heteroatoms. The molecule has 54 valence electrons. The summed E-state index contributed by atoms with van der Waals surface area (Å²) in [7, 11) is 0. The summed E-state index contributed by atoms with van der Waals surface area (Å²) in [4.78, 5) is 0. The van der Waals surface area contributed by atoms with Gasteiger partial charge in [0.15, 0.2) is 0 Å². The van der Waals surface area contributed by atoms with E-state index in [9.17, 15) is 0 Å². The monoisotopic (exact) mass is 198 g/mol. The van der Waals surface area contributed by atoms with Crippen LogP contribution < -0.4 is 0 Å². The van der Waals surface area contributed by atoms with Crippen molar-refractivity contribution in [1.82, 2.24) is 0 Å². The first-order valence-corrected chi connectivity index (χ1v) is 4.48. The molecule has 0 amide bonds. The van der Waals surface area contributed by atoms with Crippen molar-refractivity contribution < 1.29 is 0 Å². The normalized spacial score (nSPS) is 18.2. The van der Waals surface area contributed by atoms with Gasteiger partial charge in [0, 0.05) is 0 Å². The van der Waals surface area contributed by atoms with Crippen molar-refractivity contribution in [2.45, 2.75) is 32.1 Å². The fourth-order valence-electron chi connectivity index (χ4n) is 1.30. The van der Waals surface area contributed by atoms with E-state index in [4.69, 9.17) is 6.42 Å². The highest BCUT2D eigenvalue weighted by Crippen LogP contribution is 2.27. The Morgan fingerprint density at radius 1 is 1.30 bits per heavy atom. The maximum atomic E-state index is 5.25. The third-order valence-electron chi connectivity index (χ3n) is 1.89. The lowest BCUT2D eigenvalue weighted by Gasteiger charge is -2.13. The molecule has 0 saturated heterocycles. The van der Waals surface area contributed by atoms with Crippen LogP contribution in [0.5, 0.6) is 0 Å². The molecular weight excluding hydrogens is 188 g/mol.